The first kappa shape index (κ1) is 20.2. The Hall–Kier alpha value is -1.55. The van der Waals surface area contributed by atoms with Crippen molar-refractivity contribution < 1.29 is 9.53 Å². The largest absolute Gasteiger partial charge is 0.365 e. The summed E-state index contributed by atoms with van der Waals surface area (Å²) < 4.78 is 5.69. The first-order chi connectivity index (χ1) is 12.9. The fraction of sp³-hybridized carbons (Fsp3) is 0.409. The van der Waals surface area contributed by atoms with Crippen LogP contribution in [0.25, 0.3) is 0 Å². The van der Waals surface area contributed by atoms with E-state index in [1.54, 1.807) is 0 Å². The third-order valence-corrected chi connectivity index (χ3v) is 5.83. The predicted molar refractivity (Wildman–Crippen MR) is 111 cm³/mol. The number of benzene rings is 2. The average Bonchev–Trinajstić information content (AvgIpc) is 3.10. The van der Waals surface area contributed by atoms with Gasteiger partial charge in [-0.05, 0) is 68.5 Å². The van der Waals surface area contributed by atoms with Gasteiger partial charge in [-0.2, -0.15) is 0 Å². The molecule has 1 unspecified atom stereocenters. The van der Waals surface area contributed by atoms with Crippen molar-refractivity contribution in [1.82, 2.24) is 5.32 Å². The molecule has 1 saturated heterocycles. The zero-order chi connectivity index (χ0) is 19.4. The van der Waals surface area contributed by atoms with E-state index in [2.05, 4.69) is 5.32 Å². The van der Waals surface area contributed by atoms with E-state index in [0.717, 1.165) is 29.8 Å². The second kappa shape index (κ2) is 8.64. The summed E-state index contributed by atoms with van der Waals surface area (Å²) >= 11 is 12.1. The maximum absolute atomic E-state index is 12.8. The van der Waals surface area contributed by atoms with Crippen LogP contribution >= 0.6 is 23.2 Å². The highest BCUT2D eigenvalue weighted by molar-refractivity contribution is 6.30. The third-order valence-electron chi connectivity index (χ3n) is 5.33. The molecule has 5 heteroatoms. The van der Waals surface area contributed by atoms with Crippen LogP contribution in [0.2, 0.25) is 10.0 Å². The van der Waals surface area contributed by atoms with Gasteiger partial charge in [0.2, 0.25) is 0 Å². The van der Waals surface area contributed by atoms with Gasteiger partial charge in [-0.15, -0.1) is 0 Å². The van der Waals surface area contributed by atoms with Crippen LogP contribution in [-0.2, 0) is 16.0 Å². The first-order valence-electron chi connectivity index (χ1n) is 9.32. The van der Waals surface area contributed by atoms with Crippen LogP contribution in [0.15, 0.2) is 48.5 Å². The van der Waals surface area contributed by atoms with Gasteiger partial charge in [0.25, 0.3) is 5.91 Å². The van der Waals surface area contributed by atoms with Crippen molar-refractivity contribution in [2.24, 2.45) is 0 Å². The van der Waals surface area contributed by atoms with Gasteiger partial charge in [-0.25, -0.2) is 0 Å². The predicted octanol–water partition coefficient (Wildman–Crippen LogP) is 5.39. The minimum atomic E-state index is -0.723. The molecule has 144 valence electrons. The van der Waals surface area contributed by atoms with Crippen LogP contribution in [0.3, 0.4) is 0 Å². The summed E-state index contributed by atoms with van der Waals surface area (Å²) in [5.74, 6) is 0.0694. The van der Waals surface area contributed by atoms with Gasteiger partial charge < -0.3 is 10.1 Å². The summed E-state index contributed by atoms with van der Waals surface area (Å²) in [6.07, 6.45) is 2.47. The summed E-state index contributed by atoms with van der Waals surface area (Å²) in [5.41, 5.74) is 1.59. The van der Waals surface area contributed by atoms with Crippen LogP contribution in [0.1, 0.15) is 43.7 Å². The van der Waals surface area contributed by atoms with Crippen molar-refractivity contribution in [3.05, 3.63) is 69.7 Å². The molecule has 1 fully saturated rings. The van der Waals surface area contributed by atoms with Gasteiger partial charge >= 0.3 is 0 Å². The van der Waals surface area contributed by atoms with E-state index < -0.39 is 5.60 Å². The molecule has 1 aliphatic rings. The molecule has 2 aromatic carbocycles. The van der Waals surface area contributed by atoms with Crippen LogP contribution in [0.5, 0.6) is 0 Å². The maximum Gasteiger partial charge on any atom is 0.252 e. The highest BCUT2D eigenvalue weighted by atomic mass is 35.5. The molecule has 0 aromatic heterocycles. The fourth-order valence-electron chi connectivity index (χ4n) is 3.59. The van der Waals surface area contributed by atoms with E-state index in [9.17, 15) is 4.79 Å². The van der Waals surface area contributed by atoms with E-state index >= 15 is 0 Å². The molecule has 0 bridgehead atoms. The second-order valence-corrected chi connectivity index (χ2v) is 8.31. The van der Waals surface area contributed by atoms with E-state index in [-0.39, 0.29) is 17.9 Å². The molecule has 0 spiro atoms. The number of rotatable bonds is 6. The normalized spacial score (nSPS) is 21.6. The number of carbonyl (C=O) groups is 1. The number of nitrogens with one attached hydrogen (secondary N) is 1. The van der Waals surface area contributed by atoms with Gasteiger partial charge in [0, 0.05) is 28.6 Å². The Labute approximate surface area is 171 Å². The summed E-state index contributed by atoms with van der Waals surface area (Å²) in [6, 6.07) is 15.6. The maximum atomic E-state index is 12.8. The molecule has 1 N–H and O–H groups in total. The number of halogens is 2. The molecular weight excluding hydrogens is 381 g/mol. The molecule has 0 radical (unpaired) electrons. The van der Waals surface area contributed by atoms with Gasteiger partial charge in [-0.3, -0.25) is 4.79 Å². The smallest absolute Gasteiger partial charge is 0.252 e. The topological polar surface area (TPSA) is 38.3 Å². The Bertz CT molecular complexity index is 768. The zero-order valence-electron chi connectivity index (χ0n) is 15.7. The van der Waals surface area contributed by atoms with E-state index in [0.29, 0.717) is 11.6 Å². The molecule has 3 atom stereocenters. The summed E-state index contributed by atoms with van der Waals surface area (Å²) in [7, 11) is 0. The van der Waals surface area contributed by atoms with Crippen molar-refractivity contribution in [3.8, 4) is 0 Å². The Kier molecular flexibility index (Phi) is 6.46. The van der Waals surface area contributed by atoms with Gasteiger partial charge in [0.05, 0.1) is 0 Å². The van der Waals surface area contributed by atoms with Crippen LogP contribution in [0, 0.1) is 0 Å². The molecule has 3 rings (SSSR count). The van der Waals surface area contributed by atoms with Crippen molar-refractivity contribution in [1.29, 1.82) is 0 Å². The molecule has 1 aliphatic heterocycles. The molecule has 1 heterocycles. The number of amides is 1. The van der Waals surface area contributed by atoms with Crippen molar-refractivity contribution in [3.63, 3.8) is 0 Å². The Balaban J connectivity index is 1.80. The van der Waals surface area contributed by atoms with Crippen molar-refractivity contribution >= 4 is 29.1 Å². The lowest BCUT2D eigenvalue weighted by atomic mass is 9.86. The minimum Gasteiger partial charge on any atom is -0.365 e. The van der Waals surface area contributed by atoms with E-state index in [1.165, 1.54) is 5.56 Å². The standard InChI is InChI=1S/C22H25Cl2NO2/c1-15(25-21(26)22(2)12-3-13-27-22)20(17-6-10-19(24)11-7-17)14-16-4-8-18(23)9-5-16/h4-11,15,20H,3,12-14H2,1-2H3,(H,25,26)/t15-,20+,22?/m1/s1. The molecule has 2 aromatic rings. The Morgan fingerprint density at radius 2 is 1.70 bits per heavy atom. The minimum absolute atomic E-state index is 0.0393. The quantitative estimate of drug-likeness (QED) is 0.698. The number of ether oxygens (including phenoxy) is 1. The molecule has 0 aliphatic carbocycles. The lowest BCUT2D eigenvalue weighted by molar-refractivity contribution is -0.140. The average molecular weight is 406 g/mol. The lowest BCUT2D eigenvalue weighted by Gasteiger charge is -2.30. The van der Waals surface area contributed by atoms with Crippen LogP contribution in [-0.4, -0.2) is 24.2 Å². The highest BCUT2D eigenvalue weighted by Gasteiger charge is 2.39. The monoisotopic (exact) mass is 405 g/mol. The molecule has 1 amide bonds. The van der Waals surface area contributed by atoms with Gasteiger partial charge in [0.15, 0.2) is 0 Å². The Morgan fingerprint density at radius 1 is 1.11 bits per heavy atom. The first-order valence-corrected chi connectivity index (χ1v) is 10.1. The summed E-state index contributed by atoms with van der Waals surface area (Å²) in [5, 5.41) is 4.60. The highest BCUT2D eigenvalue weighted by Crippen LogP contribution is 2.29. The van der Waals surface area contributed by atoms with E-state index in [4.69, 9.17) is 27.9 Å². The number of hydrogen-bond donors (Lipinski definition) is 1. The summed E-state index contributed by atoms with van der Waals surface area (Å²) in [6.45, 7) is 4.56. The second-order valence-electron chi connectivity index (χ2n) is 7.43. The third kappa shape index (κ3) is 5.04. The Morgan fingerprint density at radius 3 is 2.26 bits per heavy atom. The number of carbonyl (C=O) groups excluding carboxylic acids is 1. The SMILES string of the molecule is C[C@@H](NC(=O)C1(C)CCCO1)[C@H](Cc1ccc(Cl)cc1)c1ccc(Cl)cc1. The van der Waals surface area contributed by atoms with Gasteiger partial charge in [-0.1, -0.05) is 47.5 Å². The van der Waals surface area contributed by atoms with E-state index in [1.807, 2.05) is 62.4 Å². The molecule has 3 nitrogen and oxygen atoms in total. The molecule has 0 saturated carbocycles. The number of hydrogen-bond acceptors (Lipinski definition) is 2. The molecular formula is C22H25Cl2NO2. The van der Waals surface area contributed by atoms with Gasteiger partial charge in [0.1, 0.15) is 5.60 Å². The fourth-order valence-corrected chi connectivity index (χ4v) is 3.84. The van der Waals surface area contributed by atoms with Crippen molar-refractivity contribution in [2.45, 2.75) is 50.7 Å². The lowest BCUT2D eigenvalue weighted by Crippen LogP contribution is -2.49. The van der Waals surface area contributed by atoms with Crippen molar-refractivity contribution in [2.75, 3.05) is 6.61 Å². The summed E-state index contributed by atoms with van der Waals surface area (Å²) in [4.78, 5) is 12.8. The van der Waals surface area contributed by atoms with Crippen LogP contribution < -0.4 is 5.32 Å². The van der Waals surface area contributed by atoms with Crippen LogP contribution in [0.4, 0.5) is 0 Å². The molecule has 27 heavy (non-hydrogen) atoms. The zero-order valence-corrected chi connectivity index (χ0v) is 17.2.